The largest absolute Gasteiger partial charge is 0.340 e. The first-order chi connectivity index (χ1) is 17.3. The maximum atomic E-state index is 13.3. The molecule has 1 aromatic heterocycles. The molecule has 2 aromatic carbocycles. The molecule has 4 rings (SSSR count). The molecule has 1 N–H and O–H groups in total. The quantitative estimate of drug-likeness (QED) is 0.296. The molecular formula is C26H30N6O4. The number of aliphatic imine (C=N–C) groups is 1. The highest BCUT2D eigenvalue weighted by atomic mass is 16.6. The third kappa shape index (κ3) is 5.60. The zero-order valence-corrected chi connectivity index (χ0v) is 20.5. The van der Waals surface area contributed by atoms with E-state index in [1.807, 2.05) is 49.1 Å². The molecule has 10 nitrogen and oxygen atoms in total. The van der Waals surface area contributed by atoms with Crippen LogP contribution in [0.15, 0.2) is 64.4 Å². The Balaban J connectivity index is 1.49. The van der Waals surface area contributed by atoms with Crippen molar-refractivity contribution in [1.29, 1.82) is 0 Å². The van der Waals surface area contributed by atoms with Crippen LogP contribution in [0.1, 0.15) is 19.4 Å². The van der Waals surface area contributed by atoms with Crippen molar-refractivity contribution in [2.24, 2.45) is 10.9 Å². The summed E-state index contributed by atoms with van der Waals surface area (Å²) in [5, 5.41) is 14.1. The van der Waals surface area contributed by atoms with Gasteiger partial charge < -0.3 is 4.90 Å². The normalized spacial score (nSPS) is 14.6. The SMILES string of the molecule is CC(C)C(=O)N1CCN(CCN=Cc2c(-c3ccccc3)[nH]n(-c3ccc([N+](=O)[O-])cc3)c2=O)CC1. The number of nitro groups is 1. The van der Waals surface area contributed by atoms with Crippen LogP contribution >= 0.6 is 0 Å². The fourth-order valence-electron chi connectivity index (χ4n) is 4.21. The summed E-state index contributed by atoms with van der Waals surface area (Å²) in [5.74, 6) is 0.203. The van der Waals surface area contributed by atoms with E-state index in [4.69, 9.17) is 0 Å². The minimum absolute atomic E-state index is 0.0105. The highest BCUT2D eigenvalue weighted by Gasteiger charge is 2.22. The number of nitrogens with one attached hydrogen (secondary N) is 1. The predicted molar refractivity (Wildman–Crippen MR) is 139 cm³/mol. The van der Waals surface area contributed by atoms with Gasteiger partial charge in [0.2, 0.25) is 5.91 Å². The molecule has 1 fully saturated rings. The van der Waals surface area contributed by atoms with Crippen LogP contribution < -0.4 is 5.56 Å². The summed E-state index contributed by atoms with van der Waals surface area (Å²) in [6.45, 7) is 8.15. The fourth-order valence-corrected chi connectivity index (χ4v) is 4.21. The van der Waals surface area contributed by atoms with Gasteiger partial charge in [-0.1, -0.05) is 44.2 Å². The highest BCUT2D eigenvalue weighted by molar-refractivity contribution is 5.88. The number of hydrogen-bond acceptors (Lipinski definition) is 6. The Labute approximate surface area is 209 Å². The lowest BCUT2D eigenvalue weighted by atomic mass is 10.1. The van der Waals surface area contributed by atoms with Gasteiger partial charge in [0.15, 0.2) is 0 Å². The standard InChI is InChI=1S/C26H30N6O4/c1-19(2)25(33)30-16-14-29(15-17-30)13-12-27-18-23-24(20-6-4-3-5-7-20)28-31(26(23)34)21-8-10-22(11-9-21)32(35)36/h3-11,18-19,28H,12-17H2,1-2H3. The molecule has 0 spiro atoms. The van der Waals surface area contributed by atoms with Gasteiger partial charge in [0, 0.05) is 62.6 Å². The Hall–Kier alpha value is -4.05. The van der Waals surface area contributed by atoms with Gasteiger partial charge in [0.05, 0.1) is 28.4 Å². The van der Waals surface area contributed by atoms with Crippen LogP contribution in [0.5, 0.6) is 0 Å². The van der Waals surface area contributed by atoms with Crippen LogP contribution in [-0.2, 0) is 4.79 Å². The molecule has 0 bridgehead atoms. The minimum atomic E-state index is -0.475. The molecule has 36 heavy (non-hydrogen) atoms. The van der Waals surface area contributed by atoms with Gasteiger partial charge in [0.25, 0.3) is 11.2 Å². The van der Waals surface area contributed by atoms with Gasteiger partial charge in [-0.05, 0) is 12.1 Å². The Morgan fingerprint density at radius 1 is 1.08 bits per heavy atom. The number of carbonyl (C=O) groups is 1. The second kappa shape index (κ2) is 11.1. The molecule has 10 heteroatoms. The molecule has 1 aliphatic heterocycles. The van der Waals surface area contributed by atoms with E-state index in [9.17, 15) is 19.7 Å². The Morgan fingerprint density at radius 3 is 2.36 bits per heavy atom. The topological polar surface area (TPSA) is 117 Å². The summed E-state index contributed by atoms with van der Waals surface area (Å²) < 4.78 is 1.37. The number of benzene rings is 2. The third-order valence-corrected chi connectivity index (χ3v) is 6.25. The van der Waals surface area contributed by atoms with Crippen LogP contribution in [0.3, 0.4) is 0 Å². The van der Waals surface area contributed by atoms with Crippen molar-refractivity contribution in [3.63, 3.8) is 0 Å². The predicted octanol–water partition coefficient (Wildman–Crippen LogP) is 2.96. The fraction of sp³-hybridized carbons (Fsp3) is 0.346. The van der Waals surface area contributed by atoms with Gasteiger partial charge in [-0.25, -0.2) is 4.68 Å². The first-order valence-electron chi connectivity index (χ1n) is 12.0. The van der Waals surface area contributed by atoms with Gasteiger partial charge in [-0.3, -0.25) is 34.7 Å². The first kappa shape index (κ1) is 25.1. The van der Waals surface area contributed by atoms with Crippen LogP contribution in [0.4, 0.5) is 5.69 Å². The lowest BCUT2D eigenvalue weighted by Crippen LogP contribution is -2.50. The number of nitrogens with zero attached hydrogens (tertiary/aromatic N) is 5. The lowest BCUT2D eigenvalue weighted by molar-refractivity contribution is -0.384. The summed E-state index contributed by atoms with van der Waals surface area (Å²) in [4.78, 5) is 44.7. The Bertz CT molecular complexity index is 1290. The second-order valence-electron chi connectivity index (χ2n) is 9.04. The average molecular weight is 491 g/mol. The number of piperazine rings is 1. The maximum absolute atomic E-state index is 13.3. The van der Waals surface area contributed by atoms with E-state index in [0.717, 1.165) is 38.3 Å². The number of rotatable bonds is 8. The van der Waals surface area contributed by atoms with Crippen LogP contribution in [0, 0.1) is 16.0 Å². The molecule has 0 radical (unpaired) electrons. The van der Waals surface area contributed by atoms with Crippen molar-refractivity contribution in [2.45, 2.75) is 13.8 Å². The molecule has 2 heterocycles. The molecular weight excluding hydrogens is 460 g/mol. The third-order valence-electron chi connectivity index (χ3n) is 6.25. The number of nitro benzene ring substituents is 1. The van der Waals surface area contributed by atoms with E-state index >= 15 is 0 Å². The second-order valence-corrected chi connectivity index (χ2v) is 9.04. The molecule has 0 aliphatic carbocycles. The monoisotopic (exact) mass is 490 g/mol. The average Bonchev–Trinajstić information content (AvgIpc) is 3.23. The Kier molecular flexibility index (Phi) is 7.74. The summed E-state index contributed by atoms with van der Waals surface area (Å²) in [5.41, 5.74) is 2.06. The molecule has 1 amide bonds. The van der Waals surface area contributed by atoms with Gasteiger partial charge in [-0.15, -0.1) is 0 Å². The van der Waals surface area contributed by atoms with Crippen molar-refractivity contribution in [2.75, 3.05) is 39.3 Å². The number of hydrogen-bond donors (Lipinski definition) is 1. The Morgan fingerprint density at radius 2 is 1.75 bits per heavy atom. The number of carbonyl (C=O) groups excluding carboxylic acids is 1. The zero-order chi connectivity index (χ0) is 25.7. The van der Waals surface area contributed by atoms with Crippen LogP contribution in [-0.4, -0.2) is 75.9 Å². The maximum Gasteiger partial charge on any atom is 0.280 e. The van der Waals surface area contributed by atoms with Crippen LogP contribution in [0.25, 0.3) is 16.9 Å². The van der Waals surface area contributed by atoms with Gasteiger partial charge >= 0.3 is 0 Å². The van der Waals surface area contributed by atoms with Crippen molar-refractivity contribution in [1.82, 2.24) is 19.6 Å². The first-order valence-corrected chi connectivity index (χ1v) is 12.0. The van der Waals surface area contributed by atoms with Gasteiger partial charge in [-0.2, -0.15) is 0 Å². The van der Waals surface area contributed by atoms with Crippen molar-refractivity contribution in [3.05, 3.63) is 80.6 Å². The number of non-ortho nitro benzene ring substituents is 1. The van der Waals surface area contributed by atoms with Crippen molar-refractivity contribution >= 4 is 17.8 Å². The van der Waals surface area contributed by atoms with E-state index in [-0.39, 0.29) is 23.1 Å². The van der Waals surface area contributed by atoms with Gasteiger partial charge in [0.1, 0.15) is 0 Å². The summed E-state index contributed by atoms with van der Waals surface area (Å²) in [7, 11) is 0. The number of amides is 1. The van der Waals surface area contributed by atoms with E-state index < -0.39 is 4.92 Å². The van der Waals surface area contributed by atoms with Crippen molar-refractivity contribution < 1.29 is 9.72 Å². The molecule has 3 aromatic rings. The van der Waals surface area contributed by atoms with Crippen molar-refractivity contribution in [3.8, 4) is 16.9 Å². The molecule has 188 valence electrons. The number of aromatic amines is 1. The molecule has 1 aliphatic rings. The van der Waals surface area contributed by atoms with Crippen LogP contribution in [0.2, 0.25) is 0 Å². The van der Waals surface area contributed by atoms with E-state index in [1.165, 1.54) is 28.9 Å². The summed E-state index contributed by atoms with van der Waals surface area (Å²) >= 11 is 0. The molecule has 0 saturated carbocycles. The van der Waals surface area contributed by atoms with E-state index in [1.54, 1.807) is 6.21 Å². The number of aromatic nitrogens is 2. The van der Waals surface area contributed by atoms with E-state index in [0.29, 0.717) is 23.5 Å². The minimum Gasteiger partial charge on any atom is -0.340 e. The highest BCUT2D eigenvalue weighted by Crippen LogP contribution is 2.21. The zero-order valence-electron chi connectivity index (χ0n) is 20.5. The van der Waals surface area contributed by atoms with E-state index in [2.05, 4.69) is 15.0 Å². The molecule has 1 saturated heterocycles. The smallest absolute Gasteiger partial charge is 0.280 e. The molecule has 0 unspecified atom stereocenters. The summed E-state index contributed by atoms with van der Waals surface area (Å²) in [6.07, 6.45) is 1.60. The number of H-pyrrole nitrogens is 1. The summed E-state index contributed by atoms with van der Waals surface area (Å²) in [6, 6.07) is 15.3. The molecule has 0 atom stereocenters. The lowest BCUT2D eigenvalue weighted by Gasteiger charge is -2.35.